The summed E-state index contributed by atoms with van der Waals surface area (Å²) in [6.07, 6.45) is 6.74. The fourth-order valence-electron chi connectivity index (χ4n) is 1.05. The predicted octanol–water partition coefficient (Wildman–Crippen LogP) is 4.54. The summed E-state index contributed by atoms with van der Waals surface area (Å²) in [6, 6.07) is 4.12. The van der Waals surface area contributed by atoms with Crippen molar-refractivity contribution in [3.63, 3.8) is 0 Å². The van der Waals surface area contributed by atoms with Crippen molar-refractivity contribution < 1.29 is 0 Å². The molecule has 0 saturated carbocycles. The third-order valence-corrected chi connectivity index (χ3v) is 2.11. The molecule has 0 saturated heterocycles. The molecule has 0 amide bonds. The second kappa shape index (κ2) is 8.22. The molecule has 0 aliphatic rings. The van der Waals surface area contributed by atoms with Crippen molar-refractivity contribution >= 4 is 6.08 Å². The van der Waals surface area contributed by atoms with E-state index in [-0.39, 0.29) is 0 Å². The van der Waals surface area contributed by atoms with Crippen molar-refractivity contribution in [3.05, 3.63) is 35.2 Å². The zero-order valence-corrected chi connectivity index (χ0v) is 10.7. The lowest BCUT2D eigenvalue weighted by atomic mass is 10.2. The third-order valence-electron chi connectivity index (χ3n) is 2.11. The zero-order chi connectivity index (χ0) is 11.7. The van der Waals surface area contributed by atoms with E-state index < -0.39 is 0 Å². The van der Waals surface area contributed by atoms with Gasteiger partial charge in [0.25, 0.3) is 0 Å². The van der Waals surface area contributed by atoms with E-state index >= 15 is 0 Å². The van der Waals surface area contributed by atoms with Crippen LogP contribution in [0, 0.1) is 13.8 Å². The van der Waals surface area contributed by atoms with Gasteiger partial charge in [0, 0.05) is 11.4 Å². The monoisotopic (exact) mass is 205 g/mol. The molecular formula is C14H23N. The molecule has 15 heavy (non-hydrogen) atoms. The summed E-state index contributed by atoms with van der Waals surface area (Å²) in [7, 11) is 0. The lowest BCUT2D eigenvalue weighted by molar-refractivity contribution is 0.886. The maximum absolute atomic E-state index is 4.34. The van der Waals surface area contributed by atoms with Crippen LogP contribution >= 0.6 is 0 Å². The normalized spacial score (nSPS) is 9.93. The van der Waals surface area contributed by atoms with Crippen LogP contribution in [0.1, 0.15) is 50.6 Å². The largest absolute Gasteiger partial charge is 0.258 e. The molecule has 1 heteroatoms. The SMILES string of the molecule is C/C=C\c1ccc(C)nc1C.CCCC. The first kappa shape index (κ1) is 13.9. The van der Waals surface area contributed by atoms with E-state index in [1.54, 1.807) is 0 Å². The summed E-state index contributed by atoms with van der Waals surface area (Å²) in [5, 5.41) is 0. The quantitative estimate of drug-likeness (QED) is 0.691. The Kier molecular flexibility index (Phi) is 7.61. The van der Waals surface area contributed by atoms with Gasteiger partial charge >= 0.3 is 0 Å². The lowest BCUT2D eigenvalue weighted by Crippen LogP contribution is -1.88. The van der Waals surface area contributed by atoms with E-state index in [2.05, 4.69) is 31.0 Å². The van der Waals surface area contributed by atoms with Gasteiger partial charge < -0.3 is 0 Å². The average Bonchev–Trinajstić information content (AvgIpc) is 2.23. The zero-order valence-electron chi connectivity index (χ0n) is 10.7. The molecule has 0 N–H and O–H groups in total. The standard InChI is InChI=1S/C10H13N.C4H10/c1-4-5-10-7-6-8(2)11-9(10)3;1-3-4-2/h4-7H,1-3H3;3-4H2,1-2H3/b5-4-;. The second-order valence-electron chi connectivity index (χ2n) is 3.63. The lowest BCUT2D eigenvalue weighted by Gasteiger charge is -1.99. The number of allylic oxidation sites excluding steroid dienone is 1. The summed E-state index contributed by atoms with van der Waals surface area (Å²) >= 11 is 0. The maximum Gasteiger partial charge on any atom is 0.0447 e. The molecule has 0 bridgehead atoms. The van der Waals surface area contributed by atoms with Gasteiger partial charge in [0.15, 0.2) is 0 Å². The van der Waals surface area contributed by atoms with Crippen LogP contribution < -0.4 is 0 Å². The van der Waals surface area contributed by atoms with E-state index in [0.29, 0.717) is 0 Å². The van der Waals surface area contributed by atoms with Crippen molar-refractivity contribution in [2.24, 2.45) is 0 Å². The van der Waals surface area contributed by atoms with Gasteiger partial charge in [-0.1, -0.05) is 44.9 Å². The Balaban J connectivity index is 0.000000423. The van der Waals surface area contributed by atoms with Crippen molar-refractivity contribution in [1.82, 2.24) is 4.98 Å². The second-order valence-corrected chi connectivity index (χ2v) is 3.63. The van der Waals surface area contributed by atoms with Gasteiger partial charge in [-0.05, 0) is 32.4 Å². The smallest absolute Gasteiger partial charge is 0.0447 e. The van der Waals surface area contributed by atoms with Crippen LogP contribution in [-0.4, -0.2) is 4.98 Å². The minimum atomic E-state index is 1.08. The van der Waals surface area contributed by atoms with Gasteiger partial charge in [-0.2, -0.15) is 0 Å². The van der Waals surface area contributed by atoms with Crippen molar-refractivity contribution in [2.45, 2.75) is 47.5 Å². The van der Waals surface area contributed by atoms with Crippen LogP contribution in [0.4, 0.5) is 0 Å². The van der Waals surface area contributed by atoms with E-state index in [1.165, 1.54) is 18.4 Å². The molecule has 1 heterocycles. The summed E-state index contributed by atoms with van der Waals surface area (Å²) in [5.41, 5.74) is 3.39. The highest BCUT2D eigenvalue weighted by molar-refractivity contribution is 5.51. The molecule has 0 aromatic carbocycles. The Morgan fingerprint density at radius 3 is 2.13 bits per heavy atom. The van der Waals surface area contributed by atoms with Gasteiger partial charge in [-0.25, -0.2) is 0 Å². The number of aryl methyl sites for hydroxylation is 2. The molecule has 1 nitrogen and oxygen atoms in total. The number of hydrogen-bond acceptors (Lipinski definition) is 1. The van der Waals surface area contributed by atoms with Crippen LogP contribution in [0.5, 0.6) is 0 Å². The molecular weight excluding hydrogens is 182 g/mol. The first-order chi connectivity index (χ1) is 7.15. The first-order valence-electron chi connectivity index (χ1n) is 5.72. The van der Waals surface area contributed by atoms with Gasteiger partial charge in [0.1, 0.15) is 0 Å². The molecule has 0 aliphatic carbocycles. The Labute approximate surface area is 94.3 Å². The number of pyridine rings is 1. The fourth-order valence-corrected chi connectivity index (χ4v) is 1.05. The molecule has 0 spiro atoms. The van der Waals surface area contributed by atoms with Gasteiger partial charge in [0.05, 0.1) is 0 Å². The summed E-state index contributed by atoms with van der Waals surface area (Å²) in [4.78, 5) is 4.34. The molecule has 0 unspecified atom stereocenters. The molecule has 84 valence electrons. The molecule has 1 rings (SSSR count). The van der Waals surface area contributed by atoms with Crippen LogP contribution in [0.15, 0.2) is 18.2 Å². The van der Waals surface area contributed by atoms with Crippen LogP contribution in [-0.2, 0) is 0 Å². The summed E-state index contributed by atoms with van der Waals surface area (Å²) in [6.45, 7) is 10.4. The third kappa shape index (κ3) is 6.05. The molecule has 0 aliphatic heterocycles. The van der Waals surface area contributed by atoms with Gasteiger partial charge in [-0.3, -0.25) is 4.98 Å². The fraction of sp³-hybridized carbons (Fsp3) is 0.500. The van der Waals surface area contributed by atoms with E-state index in [4.69, 9.17) is 0 Å². The highest BCUT2D eigenvalue weighted by Crippen LogP contribution is 2.07. The van der Waals surface area contributed by atoms with Crippen LogP contribution in [0.2, 0.25) is 0 Å². The van der Waals surface area contributed by atoms with Crippen molar-refractivity contribution in [1.29, 1.82) is 0 Å². The minimum Gasteiger partial charge on any atom is -0.258 e. The number of rotatable bonds is 2. The highest BCUT2D eigenvalue weighted by Gasteiger charge is 1.93. The van der Waals surface area contributed by atoms with Gasteiger partial charge in [-0.15, -0.1) is 0 Å². The van der Waals surface area contributed by atoms with Crippen molar-refractivity contribution in [2.75, 3.05) is 0 Å². The van der Waals surface area contributed by atoms with Crippen LogP contribution in [0.25, 0.3) is 6.08 Å². The maximum atomic E-state index is 4.34. The van der Waals surface area contributed by atoms with Gasteiger partial charge in [0.2, 0.25) is 0 Å². The van der Waals surface area contributed by atoms with Crippen LogP contribution in [0.3, 0.4) is 0 Å². The number of nitrogens with zero attached hydrogens (tertiary/aromatic N) is 1. The molecule has 0 radical (unpaired) electrons. The van der Waals surface area contributed by atoms with Crippen molar-refractivity contribution in [3.8, 4) is 0 Å². The number of hydrogen-bond donors (Lipinski definition) is 0. The van der Waals surface area contributed by atoms with E-state index in [9.17, 15) is 0 Å². The molecule has 1 aromatic heterocycles. The Morgan fingerprint density at radius 2 is 1.73 bits per heavy atom. The molecule has 0 fully saturated rings. The molecule has 0 atom stereocenters. The predicted molar refractivity (Wildman–Crippen MR) is 69.0 cm³/mol. The summed E-state index contributed by atoms with van der Waals surface area (Å²) in [5.74, 6) is 0. The van der Waals surface area contributed by atoms with E-state index in [0.717, 1.165) is 11.4 Å². The average molecular weight is 205 g/mol. The summed E-state index contributed by atoms with van der Waals surface area (Å²) < 4.78 is 0. The highest BCUT2D eigenvalue weighted by atomic mass is 14.7. The topological polar surface area (TPSA) is 12.9 Å². The Bertz CT molecular complexity index is 298. The Morgan fingerprint density at radius 1 is 1.13 bits per heavy atom. The Hall–Kier alpha value is -1.11. The number of unbranched alkanes of at least 4 members (excludes halogenated alkanes) is 1. The first-order valence-corrected chi connectivity index (χ1v) is 5.72. The van der Waals surface area contributed by atoms with E-state index in [1.807, 2.05) is 32.9 Å². The number of aromatic nitrogens is 1. The molecule has 1 aromatic rings. The minimum absolute atomic E-state index is 1.08.